The van der Waals surface area contributed by atoms with E-state index in [1.165, 1.54) is 11.3 Å². The first kappa shape index (κ1) is 6.85. The molecule has 1 atom stereocenters. The second kappa shape index (κ2) is 3.05. The summed E-state index contributed by atoms with van der Waals surface area (Å²) in [4.78, 5) is 4.59. The van der Waals surface area contributed by atoms with Gasteiger partial charge in [-0.05, 0) is 0 Å². The third-order valence-corrected chi connectivity index (χ3v) is 2.27. The van der Waals surface area contributed by atoms with Crippen molar-refractivity contribution in [1.82, 2.24) is 4.98 Å². The number of nitrogens with zero attached hydrogens (tertiary/aromatic N) is 1. The Hall–Kier alpha value is -0.260. The largest absolute Gasteiger partial charge is 0.306 e. The van der Waals surface area contributed by atoms with E-state index in [1.54, 1.807) is 11.7 Å². The summed E-state index contributed by atoms with van der Waals surface area (Å²) in [6.45, 7) is 0. The van der Waals surface area contributed by atoms with Crippen molar-refractivity contribution in [2.24, 2.45) is 0 Å². The predicted molar refractivity (Wildman–Crippen MR) is 36.6 cm³/mol. The minimum atomic E-state index is -1.72. The van der Waals surface area contributed by atoms with E-state index in [9.17, 15) is 4.21 Å². The van der Waals surface area contributed by atoms with E-state index in [-0.39, 0.29) is 5.75 Å². The fraction of sp³-hybridized carbons (Fsp3) is 0.250. The fourth-order valence-electron chi connectivity index (χ4n) is 0.435. The molecule has 1 N–H and O–H groups in total. The highest BCUT2D eigenvalue weighted by molar-refractivity contribution is 7.78. The Labute approximate surface area is 59.0 Å². The second-order valence-electron chi connectivity index (χ2n) is 1.43. The number of aromatic nitrogens is 1. The molecule has 0 aromatic carbocycles. The highest BCUT2D eigenvalue weighted by Gasteiger charge is 1.97. The molecule has 0 radical (unpaired) electrons. The Morgan fingerprint density at radius 3 is 3.11 bits per heavy atom. The normalized spacial score (nSPS) is 13.4. The van der Waals surface area contributed by atoms with Crippen LogP contribution in [0.3, 0.4) is 0 Å². The Morgan fingerprint density at radius 1 is 1.89 bits per heavy atom. The van der Waals surface area contributed by atoms with Crippen LogP contribution in [0.15, 0.2) is 11.7 Å². The monoisotopic (exact) mass is 163 g/mol. The molecule has 1 unspecified atom stereocenters. The third kappa shape index (κ3) is 2.21. The van der Waals surface area contributed by atoms with Gasteiger partial charge in [-0.15, -0.1) is 11.3 Å². The fourth-order valence-corrected chi connectivity index (χ4v) is 1.71. The van der Waals surface area contributed by atoms with Crippen LogP contribution < -0.4 is 0 Å². The quantitative estimate of drug-likeness (QED) is 0.658. The Balaban J connectivity index is 2.58. The molecule has 9 heavy (non-hydrogen) atoms. The molecular formula is C4H5NO2S2. The van der Waals surface area contributed by atoms with E-state index in [0.29, 0.717) is 0 Å². The van der Waals surface area contributed by atoms with Gasteiger partial charge in [0.1, 0.15) is 0 Å². The van der Waals surface area contributed by atoms with Crippen LogP contribution in [0, 0.1) is 0 Å². The lowest BCUT2D eigenvalue weighted by Crippen LogP contribution is -1.88. The Bertz CT molecular complexity index is 196. The lowest BCUT2D eigenvalue weighted by atomic mass is 10.6. The average Bonchev–Trinajstić information content (AvgIpc) is 2.15. The first-order valence-electron chi connectivity index (χ1n) is 2.24. The zero-order valence-corrected chi connectivity index (χ0v) is 6.11. The number of thiazole rings is 1. The van der Waals surface area contributed by atoms with E-state index < -0.39 is 11.1 Å². The van der Waals surface area contributed by atoms with Crippen LogP contribution in [0.1, 0.15) is 4.88 Å². The van der Waals surface area contributed by atoms with Gasteiger partial charge in [0.2, 0.25) is 0 Å². The zero-order valence-electron chi connectivity index (χ0n) is 4.48. The molecule has 0 aliphatic rings. The summed E-state index contributed by atoms with van der Waals surface area (Å²) in [5, 5.41) is 0. The summed E-state index contributed by atoms with van der Waals surface area (Å²) in [5.41, 5.74) is 1.64. The molecular weight excluding hydrogens is 158 g/mol. The van der Waals surface area contributed by atoms with Crippen molar-refractivity contribution in [1.29, 1.82) is 0 Å². The summed E-state index contributed by atoms with van der Waals surface area (Å²) in [7, 11) is 0. The molecule has 0 spiro atoms. The van der Waals surface area contributed by atoms with Gasteiger partial charge in [0, 0.05) is 11.1 Å². The summed E-state index contributed by atoms with van der Waals surface area (Å²) in [6, 6.07) is 0. The van der Waals surface area contributed by atoms with Crippen molar-refractivity contribution in [3.05, 3.63) is 16.6 Å². The van der Waals surface area contributed by atoms with Crippen LogP contribution in [-0.2, 0) is 16.8 Å². The number of hydrogen-bond donors (Lipinski definition) is 1. The van der Waals surface area contributed by atoms with Crippen molar-refractivity contribution in [3.63, 3.8) is 0 Å². The standard InChI is InChI=1S/C4H5NO2S2/c6-9(7)2-4-1-5-3-8-4/h1,3H,2H2,(H,6,7). The van der Waals surface area contributed by atoms with Crippen molar-refractivity contribution < 1.29 is 8.76 Å². The molecule has 0 fully saturated rings. The maximum absolute atomic E-state index is 10.2. The van der Waals surface area contributed by atoms with Gasteiger partial charge >= 0.3 is 0 Å². The summed E-state index contributed by atoms with van der Waals surface area (Å²) in [6.07, 6.45) is 1.60. The van der Waals surface area contributed by atoms with E-state index in [4.69, 9.17) is 4.55 Å². The smallest absolute Gasteiger partial charge is 0.158 e. The Morgan fingerprint density at radius 2 is 2.67 bits per heavy atom. The zero-order chi connectivity index (χ0) is 6.69. The first-order chi connectivity index (χ1) is 4.29. The highest BCUT2D eigenvalue weighted by Crippen LogP contribution is 2.06. The minimum absolute atomic E-state index is 0.199. The van der Waals surface area contributed by atoms with Gasteiger partial charge in [0.15, 0.2) is 11.1 Å². The molecule has 1 aromatic rings. The molecule has 0 amide bonds. The Kier molecular flexibility index (Phi) is 2.32. The van der Waals surface area contributed by atoms with Crippen molar-refractivity contribution in [2.75, 3.05) is 0 Å². The van der Waals surface area contributed by atoms with Crippen LogP contribution in [0.25, 0.3) is 0 Å². The van der Waals surface area contributed by atoms with Gasteiger partial charge in [0.25, 0.3) is 0 Å². The van der Waals surface area contributed by atoms with Gasteiger partial charge in [-0.3, -0.25) is 4.98 Å². The van der Waals surface area contributed by atoms with Crippen LogP contribution in [-0.4, -0.2) is 13.7 Å². The maximum atomic E-state index is 10.2. The van der Waals surface area contributed by atoms with Gasteiger partial charge < -0.3 is 4.55 Å². The summed E-state index contributed by atoms with van der Waals surface area (Å²) >= 11 is -0.337. The molecule has 5 heteroatoms. The molecule has 1 heterocycles. The summed E-state index contributed by atoms with van der Waals surface area (Å²) in [5.74, 6) is 0.199. The molecule has 1 aromatic heterocycles. The SMILES string of the molecule is O=S(O)Cc1cncs1. The molecule has 0 aliphatic carbocycles. The highest BCUT2D eigenvalue weighted by atomic mass is 32.2. The molecule has 50 valence electrons. The molecule has 0 saturated heterocycles. The van der Waals surface area contributed by atoms with Gasteiger partial charge in [0.05, 0.1) is 11.3 Å². The molecule has 0 aliphatic heterocycles. The molecule has 0 bridgehead atoms. The van der Waals surface area contributed by atoms with Crippen molar-refractivity contribution in [2.45, 2.75) is 5.75 Å². The minimum Gasteiger partial charge on any atom is -0.306 e. The predicted octanol–water partition coefficient (Wildman–Crippen LogP) is 0.865. The molecule has 3 nitrogen and oxygen atoms in total. The molecule has 1 rings (SSSR count). The lowest BCUT2D eigenvalue weighted by Gasteiger charge is -1.85. The van der Waals surface area contributed by atoms with Crippen molar-refractivity contribution >= 4 is 22.4 Å². The van der Waals surface area contributed by atoms with E-state index in [0.717, 1.165) is 4.88 Å². The van der Waals surface area contributed by atoms with Crippen LogP contribution in [0.4, 0.5) is 0 Å². The second-order valence-corrected chi connectivity index (χ2v) is 3.34. The van der Waals surface area contributed by atoms with Gasteiger partial charge in [-0.2, -0.15) is 0 Å². The number of rotatable bonds is 2. The third-order valence-electron chi connectivity index (χ3n) is 0.749. The van der Waals surface area contributed by atoms with E-state index in [1.807, 2.05) is 0 Å². The molecule has 0 saturated carbocycles. The van der Waals surface area contributed by atoms with E-state index in [2.05, 4.69) is 4.98 Å². The van der Waals surface area contributed by atoms with Gasteiger partial charge in [-0.25, -0.2) is 4.21 Å². The first-order valence-corrected chi connectivity index (χ1v) is 4.39. The van der Waals surface area contributed by atoms with Crippen LogP contribution in [0.5, 0.6) is 0 Å². The maximum Gasteiger partial charge on any atom is 0.158 e. The van der Waals surface area contributed by atoms with Crippen LogP contribution in [0.2, 0.25) is 0 Å². The lowest BCUT2D eigenvalue weighted by molar-refractivity contribution is 0.564. The topological polar surface area (TPSA) is 50.2 Å². The average molecular weight is 163 g/mol. The summed E-state index contributed by atoms with van der Waals surface area (Å²) < 4.78 is 18.5. The van der Waals surface area contributed by atoms with E-state index >= 15 is 0 Å². The van der Waals surface area contributed by atoms with Crippen LogP contribution >= 0.6 is 11.3 Å². The number of hydrogen-bond acceptors (Lipinski definition) is 3. The van der Waals surface area contributed by atoms with Gasteiger partial charge in [-0.1, -0.05) is 0 Å². The van der Waals surface area contributed by atoms with Crippen molar-refractivity contribution in [3.8, 4) is 0 Å².